The first-order chi connectivity index (χ1) is 15.4. The van der Waals surface area contributed by atoms with E-state index in [9.17, 15) is 23.7 Å². The summed E-state index contributed by atoms with van der Waals surface area (Å²) in [6.45, 7) is 3.88. The maximum Gasteiger partial charge on any atom is 0.403 e. The van der Waals surface area contributed by atoms with Crippen molar-refractivity contribution in [2.45, 2.75) is 57.3 Å². The van der Waals surface area contributed by atoms with Crippen LogP contribution in [-0.2, 0) is 23.4 Å². The van der Waals surface area contributed by atoms with E-state index in [1.54, 1.807) is 13.8 Å². The Hall–Kier alpha value is -2.66. The number of nitrogens with one attached hydrogen (secondary N) is 1. The van der Waals surface area contributed by atoms with E-state index in [4.69, 9.17) is 26.2 Å². The zero-order chi connectivity index (χ0) is 24.6. The maximum atomic E-state index is 13.6. The van der Waals surface area contributed by atoms with Crippen LogP contribution >= 0.6 is 7.75 Å². The van der Waals surface area contributed by atoms with Gasteiger partial charge in [-0.1, -0.05) is 5.92 Å². The molecule has 0 spiro atoms. The smallest absolute Gasteiger partial charge is 0.403 e. The Labute approximate surface area is 188 Å². The zero-order valence-electron chi connectivity index (χ0n) is 18.0. The van der Waals surface area contributed by atoms with Gasteiger partial charge >= 0.3 is 19.8 Å². The van der Waals surface area contributed by atoms with Crippen LogP contribution in [-0.4, -0.2) is 65.9 Å². The maximum absolute atomic E-state index is 13.6. The van der Waals surface area contributed by atoms with Gasteiger partial charge in [0.05, 0.1) is 12.4 Å². The van der Waals surface area contributed by atoms with Crippen LogP contribution in [0, 0.1) is 18.4 Å². The molecule has 0 aliphatic carbocycles. The van der Waals surface area contributed by atoms with Crippen molar-refractivity contribution >= 4 is 30.7 Å². The van der Waals surface area contributed by atoms with E-state index < -0.39 is 56.5 Å². The molecule has 33 heavy (non-hydrogen) atoms. The Morgan fingerprint density at radius 2 is 2.24 bits per heavy atom. The van der Waals surface area contributed by atoms with Crippen LogP contribution in [0.15, 0.2) is 6.33 Å². The lowest BCUT2D eigenvalue weighted by Crippen LogP contribution is -2.43. The minimum Gasteiger partial charge on any atom is -0.462 e. The highest BCUT2D eigenvalue weighted by molar-refractivity contribution is 7.50. The third-order valence-electron chi connectivity index (χ3n) is 4.80. The molecule has 0 saturated carbocycles. The van der Waals surface area contributed by atoms with Gasteiger partial charge in [-0.05, 0) is 20.8 Å². The Bertz CT molecular complexity index is 1140. The van der Waals surface area contributed by atoms with Gasteiger partial charge in [-0.15, -0.1) is 6.42 Å². The predicted octanol–water partition coefficient (Wildman–Crippen LogP) is 0.246. The van der Waals surface area contributed by atoms with E-state index in [1.165, 1.54) is 17.8 Å². The van der Waals surface area contributed by atoms with E-state index in [0.717, 1.165) is 0 Å². The van der Waals surface area contributed by atoms with Crippen molar-refractivity contribution in [2.24, 2.45) is 0 Å². The molecule has 15 heteroatoms. The third-order valence-corrected chi connectivity index (χ3v) is 5.99. The minimum atomic E-state index is -4.56. The van der Waals surface area contributed by atoms with Gasteiger partial charge in [0.15, 0.2) is 22.6 Å². The van der Waals surface area contributed by atoms with E-state index in [1.807, 2.05) is 0 Å². The molecule has 180 valence electrons. The molecule has 1 unspecified atom stereocenters. The lowest BCUT2D eigenvalue weighted by Gasteiger charge is -2.28. The molecule has 13 nitrogen and oxygen atoms in total. The Morgan fingerprint density at radius 1 is 1.55 bits per heavy atom. The number of terminal acetylenes is 1. The van der Waals surface area contributed by atoms with Crippen LogP contribution in [0.3, 0.4) is 0 Å². The fraction of sp³-hybridized carbons (Fsp3) is 0.556. The van der Waals surface area contributed by atoms with Crippen molar-refractivity contribution in [3.05, 3.63) is 12.4 Å². The second kappa shape index (κ2) is 9.30. The number of nitrogens with zero attached hydrogens (tertiary/aromatic N) is 4. The van der Waals surface area contributed by atoms with Crippen LogP contribution < -0.4 is 10.8 Å². The van der Waals surface area contributed by atoms with Gasteiger partial charge in [-0.25, -0.2) is 14.6 Å². The summed E-state index contributed by atoms with van der Waals surface area (Å²) in [5.41, 5.74) is 3.95. The number of halogens is 1. The largest absolute Gasteiger partial charge is 0.462 e. The fourth-order valence-corrected chi connectivity index (χ4v) is 4.23. The lowest BCUT2D eigenvalue weighted by molar-refractivity contribution is -0.149. The van der Waals surface area contributed by atoms with Gasteiger partial charge in [0.25, 0.3) is 0 Å². The van der Waals surface area contributed by atoms with Gasteiger partial charge in [0.1, 0.15) is 25.0 Å². The minimum absolute atomic E-state index is 0.0120. The number of hydrogen-bond donors (Lipinski definition) is 4. The first-order valence-electron chi connectivity index (χ1n) is 9.82. The molecule has 0 aromatic carbocycles. The van der Waals surface area contributed by atoms with Crippen molar-refractivity contribution in [1.82, 2.24) is 24.6 Å². The molecule has 3 heterocycles. The number of aliphatic hydroxyl groups is 1. The molecular weight excluding hydrogens is 462 g/mol. The number of carbonyl (C=O) groups is 1. The summed E-state index contributed by atoms with van der Waals surface area (Å²) < 4.78 is 43.1. The van der Waals surface area contributed by atoms with Crippen molar-refractivity contribution < 1.29 is 37.7 Å². The summed E-state index contributed by atoms with van der Waals surface area (Å²) in [6.07, 6.45) is 2.93. The Balaban J connectivity index is 1.74. The standard InChI is InChI=1S/C18H24FN6O7P/c1-5-18(7-30-33(28,29)24-10(4)16(27)31-9(2)3)11(26)6-12(32-18)25-8-21-13-14(20)22-17(19)23-15(13)25/h1,8-12,26H,6-7H2,2-4H3,(H2,20,22,23)(H2,24,28,29)/t10-,11+,12-,18-/m1/s1. The fourth-order valence-electron chi connectivity index (χ4n) is 3.20. The number of anilines is 1. The first-order valence-corrected chi connectivity index (χ1v) is 11.4. The molecule has 1 saturated heterocycles. The quantitative estimate of drug-likeness (QED) is 0.173. The predicted molar refractivity (Wildman–Crippen MR) is 112 cm³/mol. The Kier molecular flexibility index (Phi) is 7.04. The van der Waals surface area contributed by atoms with Gasteiger partial charge in [-0.3, -0.25) is 13.9 Å². The monoisotopic (exact) mass is 486 g/mol. The molecular formula is C18H24FN6O7P. The van der Waals surface area contributed by atoms with E-state index in [-0.39, 0.29) is 23.4 Å². The molecule has 0 bridgehead atoms. The van der Waals surface area contributed by atoms with Crippen LogP contribution in [0.2, 0.25) is 0 Å². The summed E-state index contributed by atoms with van der Waals surface area (Å²) >= 11 is 0. The molecule has 0 amide bonds. The van der Waals surface area contributed by atoms with Crippen molar-refractivity contribution in [2.75, 3.05) is 12.3 Å². The summed E-state index contributed by atoms with van der Waals surface area (Å²) in [4.78, 5) is 33.0. The van der Waals surface area contributed by atoms with Gasteiger partial charge in [0.2, 0.25) is 0 Å². The van der Waals surface area contributed by atoms with E-state index in [0.29, 0.717) is 0 Å². The first kappa shape index (κ1) is 25.0. The highest BCUT2D eigenvalue weighted by atomic mass is 31.2. The summed E-state index contributed by atoms with van der Waals surface area (Å²) in [5.74, 6) is 1.31. The molecule has 2 aromatic heterocycles. The molecule has 1 fully saturated rings. The second-order valence-electron chi connectivity index (χ2n) is 7.69. The number of nitrogen functional groups attached to an aromatic ring is 1. The van der Waals surface area contributed by atoms with Crippen LogP contribution in [0.1, 0.15) is 33.4 Å². The molecule has 5 atom stereocenters. The third kappa shape index (κ3) is 5.30. The summed E-state index contributed by atoms with van der Waals surface area (Å²) in [6, 6.07) is -1.16. The number of fused-ring (bicyclic) bond motifs is 1. The molecule has 1 aliphatic rings. The number of aliphatic hydroxyl groups excluding tert-OH is 1. The van der Waals surface area contributed by atoms with Crippen LogP contribution in [0.25, 0.3) is 11.2 Å². The molecule has 0 radical (unpaired) electrons. The highest BCUT2D eigenvalue weighted by Gasteiger charge is 2.49. The number of esters is 1. The number of carbonyl (C=O) groups excluding carboxylic acids is 1. The number of aromatic nitrogens is 4. The SMILES string of the molecule is C#C[C@]1(COP(=O)(O)N[C@H](C)C(=O)OC(C)C)O[C@@H](n2cnc3c(N)nc(F)nc32)C[C@@H]1O. The highest BCUT2D eigenvalue weighted by Crippen LogP contribution is 2.43. The van der Waals surface area contributed by atoms with Crippen LogP contribution in [0.5, 0.6) is 0 Å². The summed E-state index contributed by atoms with van der Waals surface area (Å²) in [5, 5.41) is 12.7. The van der Waals surface area contributed by atoms with Gasteiger partial charge in [-0.2, -0.15) is 14.4 Å². The topological polar surface area (TPSA) is 184 Å². The van der Waals surface area contributed by atoms with Crippen molar-refractivity contribution in [3.63, 3.8) is 0 Å². The average Bonchev–Trinajstić information content (AvgIpc) is 3.27. The lowest BCUT2D eigenvalue weighted by atomic mass is 9.99. The van der Waals surface area contributed by atoms with Crippen molar-refractivity contribution in [3.8, 4) is 12.3 Å². The number of rotatable bonds is 8. The zero-order valence-corrected chi connectivity index (χ0v) is 18.9. The molecule has 1 aliphatic heterocycles. The Morgan fingerprint density at radius 3 is 2.88 bits per heavy atom. The average molecular weight is 486 g/mol. The number of nitrogens with two attached hydrogens (primary N) is 1. The van der Waals surface area contributed by atoms with E-state index >= 15 is 0 Å². The molecule has 5 N–H and O–H groups in total. The number of imidazole rings is 1. The second-order valence-corrected chi connectivity index (χ2v) is 9.25. The number of hydrogen-bond acceptors (Lipinski definition) is 10. The number of ether oxygens (including phenoxy) is 2. The van der Waals surface area contributed by atoms with E-state index in [2.05, 4.69) is 26.0 Å². The van der Waals surface area contributed by atoms with Gasteiger partial charge in [0, 0.05) is 6.42 Å². The molecule has 2 aromatic rings. The van der Waals surface area contributed by atoms with Gasteiger partial charge < -0.3 is 25.2 Å². The van der Waals surface area contributed by atoms with Crippen LogP contribution in [0.4, 0.5) is 10.2 Å². The normalized spacial score (nSPS) is 25.6. The summed E-state index contributed by atoms with van der Waals surface area (Å²) in [7, 11) is -4.56. The molecule has 3 rings (SSSR count). The van der Waals surface area contributed by atoms with Crippen molar-refractivity contribution in [1.29, 1.82) is 0 Å².